The van der Waals surface area contributed by atoms with Crippen LogP contribution in [0.3, 0.4) is 0 Å². The van der Waals surface area contributed by atoms with Crippen LogP contribution < -0.4 is 10.9 Å². The number of carbonyl (C=O) groups is 1. The molecule has 0 unspecified atom stereocenters. The first-order chi connectivity index (χ1) is 8.22. The number of hydrogen-bond acceptors (Lipinski definition) is 3. The molecule has 1 amide bonds. The lowest BCUT2D eigenvalue weighted by Crippen LogP contribution is -2.26. The highest BCUT2D eigenvalue weighted by atomic mass is 16.2. The maximum atomic E-state index is 11.7. The van der Waals surface area contributed by atoms with Crippen molar-refractivity contribution in [1.82, 2.24) is 15.3 Å². The number of carbonyl (C=O) groups excluding carboxylic acids is 1. The maximum absolute atomic E-state index is 11.7. The van der Waals surface area contributed by atoms with Crippen molar-refractivity contribution in [3.05, 3.63) is 52.4 Å². The SMILES string of the molecule is CNC(=O)c1ccc(-c2ccccn2)[nH]c1=O. The van der Waals surface area contributed by atoms with Gasteiger partial charge in [0, 0.05) is 13.2 Å². The van der Waals surface area contributed by atoms with E-state index >= 15 is 0 Å². The van der Waals surface area contributed by atoms with E-state index in [0.717, 1.165) is 0 Å². The zero-order chi connectivity index (χ0) is 12.3. The molecule has 0 aliphatic heterocycles. The number of nitrogens with zero attached hydrogens (tertiary/aromatic N) is 1. The van der Waals surface area contributed by atoms with Crippen LogP contribution in [-0.4, -0.2) is 22.9 Å². The zero-order valence-corrected chi connectivity index (χ0v) is 9.23. The first-order valence-electron chi connectivity index (χ1n) is 5.09. The fourth-order valence-corrected chi connectivity index (χ4v) is 1.46. The van der Waals surface area contributed by atoms with Gasteiger partial charge in [-0.3, -0.25) is 14.6 Å². The molecule has 2 aromatic rings. The molecule has 5 heteroatoms. The molecule has 2 rings (SSSR count). The molecule has 2 heterocycles. The monoisotopic (exact) mass is 229 g/mol. The number of hydrogen-bond donors (Lipinski definition) is 2. The Morgan fingerprint density at radius 2 is 2.12 bits per heavy atom. The van der Waals surface area contributed by atoms with E-state index in [1.165, 1.54) is 13.1 Å². The summed E-state index contributed by atoms with van der Waals surface area (Å²) in [5.41, 5.74) is 0.913. The maximum Gasteiger partial charge on any atom is 0.261 e. The van der Waals surface area contributed by atoms with Crippen LogP contribution in [-0.2, 0) is 0 Å². The van der Waals surface area contributed by atoms with Crippen molar-refractivity contribution >= 4 is 5.91 Å². The van der Waals surface area contributed by atoms with Gasteiger partial charge in [0.05, 0.1) is 11.4 Å². The van der Waals surface area contributed by atoms with Crippen molar-refractivity contribution in [2.75, 3.05) is 7.05 Å². The van der Waals surface area contributed by atoms with Crippen molar-refractivity contribution in [1.29, 1.82) is 0 Å². The minimum Gasteiger partial charge on any atom is -0.355 e. The Balaban J connectivity index is 2.45. The molecule has 2 aromatic heterocycles. The first kappa shape index (κ1) is 11.1. The molecular weight excluding hydrogens is 218 g/mol. The molecule has 2 N–H and O–H groups in total. The highest BCUT2D eigenvalue weighted by molar-refractivity contribution is 5.93. The number of nitrogens with one attached hydrogen (secondary N) is 2. The van der Waals surface area contributed by atoms with Gasteiger partial charge in [0.25, 0.3) is 11.5 Å². The second-order valence-electron chi connectivity index (χ2n) is 3.41. The fourth-order valence-electron chi connectivity index (χ4n) is 1.46. The topological polar surface area (TPSA) is 74.8 Å². The molecule has 0 saturated heterocycles. The molecule has 0 aliphatic rings. The molecule has 86 valence electrons. The molecule has 0 aliphatic carbocycles. The van der Waals surface area contributed by atoms with Crippen molar-refractivity contribution in [3.8, 4) is 11.4 Å². The molecule has 5 nitrogen and oxygen atoms in total. The van der Waals surface area contributed by atoms with Crippen molar-refractivity contribution in [3.63, 3.8) is 0 Å². The minimum absolute atomic E-state index is 0.0900. The Labute approximate surface area is 97.5 Å². The quantitative estimate of drug-likeness (QED) is 0.799. The van der Waals surface area contributed by atoms with Gasteiger partial charge in [-0.1, -0.05) is 6.07 Å². The summed E-state index contributed by atoms with van der Waals surface area (Å²) in [4.78, 5) is 29.7. The second-order valence-corrected chi connectivity index (χ2v) is 3.41. The van der Waals surface area contributed by atoms with E-state index in [4.69, 9.17) is 0 Å². The van der Waals surface area contributed by atoms with Gasteiger partial charge >= 0.3 is 0 Å². The first-order valence-corrected chi connectivity index (χ1v) is 5.09. The molecule has 0 bridgehead atoms. The molecule has 0 spiro atoms. The van der Waals surface area contributed by atoms with E-state index in [-0.39, 0.29) is 5.56 Å². The third-order valence-electron chi connectivity index (χ3n) is 2.32. The highest BCUT2D eigenvalue weighted by Crippen LogP contribution is 2.11. The second kappa shape index (κ2) is 4.61. The summed E-state index contributed by atoms with van der Waals surface area (Å²) < 4.78 is 0. The van der Waals surface area contributed by atoms with Gasteiger partial charge in [-0.15, -0.1) is 0 Å². The van der Waals surface area contributed by atoms with E-state index in [0.29, 0.717) is 11.4 Å². The Morgan fingerprint density at radius 1 is 1.29 bits per heavy atom. The number of H-pyrrole nitrogens is 1. The van der Waals surface area contributed by atoms with Gasteiger partial charge < -0.3 is 10.3 Å². The van der Waals surface area contributed by atoms with E-state index in [1.807, 2.05) is 6.07 Å². The third kappa shape index (κ3) is 2.23. The number of aromatic amines is 1. The van der Waals surface area contributed by atoms with Crippen molar-refractivity contribution in [2.45, 2.75) is 0 Å². The van der Waals surface area contributed by atoms with Gasteiger partial charge in [-0.05, 0) is 24.3 Å². The molecular formula is C12H11N3O2. The van der Waals surface area contributed by atoms with Crippen LogP contribution >= 0.6 is 0 Å². The minimum atomic E-state index is -0.424. The molecule has 0 saturated carbocycles. The molecule has 17 heavy (non-hydrogen) atoms. The Bertz CT molecular complexity index is 590. The van der Waals surface area contributed by atoms with Crippen molar-refractivity contribution in [2.24, 2.45) is 0 Å². The van der Waals surface area contributed by atoms with Crippen LogP contribution in [0.4, 0.5) is 0 Å². The summed E-state index contributed by atoms with van der Waals surface area (Å²) >= 11 is 0. The van der Waals surface area contributed by atoms with Crippen LogP contribution in [0, 0.1) is 0 Å². The van der Waals surface area contributed by atoms with Gasteiger partial charge in [-0.2, -0.15) is 0 Å². The average Bonchev–Trinajstić information content (AvgIpc) is 2.39. The van der Waals surface area contributed by atoms with E-state index in [1.54, 1.807) is 24.4 Å². The zero-order valence-electron chi connectivity index (χ0n) is 9.23. The number of rotatable bonds is 2. The largest absolute Gasteiger partial charge is 0.355 e. The predicted molar refractivity (Wildman–Crippen MR) is 63.7 cm³/mol. The summed E-state index contributed by atoms with van der Waals surface area (Å²) in [6.45, 7) is 0. The average molecular weight is 229 g/mol. The van der Waals surface area contributed by atoms with Crippen LogP contribution in [0.1, 0.15) is 10.4 Å². The predicted octanol–water partition coefficient (Wildman–Crippen LogP) is 0.796. The van der Waals surface area contributed by atoms with Crippen LogP contribution in [0.25, 0.3) is 11.4 Å². The number of pyridine rings is 2. The van der Waals surface area contributed by atoms with E-state index in [2.05, 4.69) is 15.3 Å². The van der Waals surface area contributed by atoms with Crippen LogP contribution in [0.2, 0.25) is 0 Å². The Morgan fingerprint density at radius 3 is 2.71 bits per heavy atom. The van der Waals surface area contributed by atoms with E-state index in [9.17, 15) is 9.59 Å². The standard InChI is InChI=1S/C12H11N3O2/c1-13-11(16)8-5-6-10(15-12(8)17)9-4-2-3-7-14-9/h2-7H,1H3,(H,13,16)(H,15,17). The summed E-state index contributed by atoms with van der Waals surface area (Å²) in [5.74, 6) is -0.404. The highest BCUT2D eigenvalue weighted by Gasteiger charge is 2.09. The van der Waals surface area contributed by atoms with Gasteiger partial charge in [0.2, 0.25) is 0 Å². The molecule has 0 aromatic carbocycles. The molecule has 0 radical (unpaired) electrons. The Hall–Kier alpha value is -2.43. The molecule has 0 fully saturated rings. The lowest BCUT2D eigenvalue weighted by atomic mass is 10.2. The summed E-state index contributed by atoms with van der Waals surface area (Å²) in [6, 6.07) is 8.55. The Kier molecular flexibility index (Phi) is 3.00. The lowest BCUT2D eigenvalue weighted by molar-refractivity contribution is 0.0961. The number of aromatic nitrogens is 2. The summed E-state index contributed by atoms with van der Waals surface area (Å²) in [7, 11) is 1.48. The van der Waals surface area contributed by atoms with Gasteiger partial charge in [-0.25, -0.2) is 0 Å². The fraction of sp³-hybridized carbons (Fsp3) is 0.0833. The summed E-state index contributed by atoms with van der Waals surface area (Å²) in [6.07, 6.45) is 1.64. The lowest BCUT2D eigenvalue weighted by Gasteiger charge is -2.02. The van der Waals surface area contributed by atoms with Gasteiger partial charge in [0.1, 0.15) is 5.56 Å². The van der Waals surface area contributed by atoms with Crippen molar-refractivity contribution < 1.29 is 4.79 Å². The normalized spacial score (nSPS) is 9.94. The smallest absolute Gasteiger partial charge is 0.261 e. The third-order valence-corrected chi connectivity index (χ3v) is 2.32. The molecule has 0 atom stereocenters. The summed E-state index contributed by atoms with van der Waals surface area (Å²) in [5, 5.41) is 2.41. The van der Waals surface area contributed by atoms with Crippen LogP contribution in [0.5, 0.6) is 0 Å². The van der Waals surface area contributed by atoms with Crippen LogP contribution in [0.15, 0.2) is 41.3 Å². The van der Waals surface area contributed by atoms with E-state index < -0.39 is 11.5 Å². The van der Waals surface area contributed by atoms with Gasteiger partial charge in [0.15, 0.2) is 0 Å². The number of amides is 1.